The zero-order valence-corrected chi connectivity index (χ0v) is 14.9. The number of hydrogen-bond donors (Lipinski definition) is 2. The van der Waals surface area contributed by atoms with Gasteiger partial charge in [0.15, 0.2) is 21.0 Å². The van der Waals surface area contributed by atoms with Gasteiger partial charge in [-0.3, -0.25) is 0 Å². The summed E-state index contributed by atoms with van der Waals surface area (Å²) in [6, 6.07) is 5.34. The Kier molecular flexibility index (Phi) is 6.50. The van der Waals surface area contributed by atoms with Crippen LogP contribution in [0.4, 0.5) is 5.82 Å². The maximum absolute atomic E-state index is 10.8. The molecule has 0 unspecified atom stereocenters. The van der Waals surface area contributed by atoms with Gasteiger partial charge >= 0.3 is 0 Å². The van der Waals surface area contributed by atoms with E-state index in [-0.39, 0.29) is 15.2 Å². The molecule has 0 amide bonds. The van der Waals surface area contributed by atoms with E-state index in [9.17, 15) is 16.8 Å². The Bertz CT molecular complexity index is 884. The summed E-state index contributed by atoms with van der Waals surface area (Å²) >= 11 is 5.35. The van der Waals surface area contributed by atoms with Crippen molar-refractivity contribution in [2.45, 2.75) is 10.1 Å². The van der Waals surface area contributed by atoms with Gasteiger partial charge < -0.3 is 4.90 Å². The van der Waals surface area contributed by atoms with E-state index in [1.807, 2.05) is 0 Å². The number of halogens is 1. The predicted octanol–water partition coefficient (Wildman–Crippen LogP) is -1.03. The highest BCUT2D eigenvalue weighted by Crippen LogP contribution is 2.07. The zero-order chi connectivity index (χ0) is 18.5. The number of hydrogen-bond acceptors (Lipinski definition) is 9. The molecule has 0 atom stereocenters. The fourth-order valence-electron chi connectivity index (χ4n) is 1.16. The van der Waals surface area contributed by atoms with Crippen LogP contribution in [0.1, 0.15) is 0 Å². The summed E-state index contributed by atoms with van der Waals surface area (Å²) in [7, 11) is -3.93. The first-order chi connectivity index (χ1) is 10.9. The molecule has 2 aromatic rings. The maximum Gasteiger partial charge on any atom is 0.257 e. The van der Waals surface area contributed by atoms with Crippen LogP contribution in [0, 0.1) is 0 Å². The first-order valence-corrected chi connectivity index (χ1v) is 9.44. The molecule has 2 heterocycles. The van der Waals surface area contributed by atoms with Crippen LogP contribution in [-0.4, -0.2) is 51.3 Å². The van der Waals surface area contributed by atoms with Crippen LogP contribution < -0.4 is 15.2 Å². The summed E-state index contributed by atoms with van der Waals surface area (Å²) in [4.78, 5) is 1.71. The van der Waals surface area contributed by atoms with Gasteiger partial charge in [-0.1, -0.05) is 11.6 Å². The molecule has 0 radical (unpaired) electrons. The number of nitrogens with two attached hydrogens (primary N) is 2. The third-order valence-electron chi connectivity index (χ3n) is 2.27. The van der Waals surface area contributed by atoms with Gasteiger partial charge in [0.25, 0.3) is 20.0 Å². The van der Waals surface area contributed by atoms with E-state index in [0.29, 0.717) is 5.82 Å². The van der Waals surface area contributed by atoms with Gasteiger partial charge in [-0.15, -0.1) is 20.4 Å². The molecule has 2 rings (SSSR count). The van der Waals surface area contributed by atoms with Gasteiger partial charge in [-0.2, -0.15) is 0 Å². The van der Waals surface area contributed by atoms with Crippen LogP contribution >= 0.6 is 11.6 Å². The Morgan fingerprint density at radius 3 is 1.58 bits per heavy atom. The number of aromatic nitrogens is 4. The molecule has 2 aromatic heterocycles. The highest BCUT2D eigenvalue weighted by molar-refractivity contribution is 7.89. The van der Waals surface area contributed by atoms with Crippen LogP contribution in [-0.2, 0) is 20.0 Å². The lowest BCUT2D eigenvalue weighted by Crippen LogP contribution is -2.16. The minimum atomic E-state index is -3.75. The first kappa shape index (κ1) is 20.1. The van der Waals surface area contributed by atoms with Gasteiger partial charge in [0.1, 0.15) is 0 Å². The Morgan fingerprint density at radius 1 is 0.833 bits per heavy atom. The van der Waals surface area contributed by atoms with E-state index < -0.39 is 20.0 Å². The SMILES string of the molecule is CN(C)c1ccc(S(N)(=O)=O)nn1.NS(=O)(=O)c1ccc(Cl)nn1. The molecule has 0 aliphatic rings. The van der Waals surface area contributed by atoms with Crippen molar-refractivity contribution in [3.05, 3.63) is 29.4 Å². The molecule has 24 heavy (non-hydrogen) atoms. The second kappa shape index (κ2) is 7.76. The minimum absolute atomic E-state index is 0.123. The zero-order valence-electron chi connectivity index (χ0n) is 12.5. The van der Waals surface area contributed by atoms with Gasteiger partial charge in [-0.25, -0.2) is 27.1 Å². The van der Waals surface area contributed by atoms with Gasteiger partial charge in [0.2, 0.25) is 0 Å². The number of nitrogens with zero attached hydrogens (tertiary/aromatic N) is 5. The molecule has 0 aliphatic heterocycles. The van der Waals surface area contributed by atoms with Crippen molar-refractivity contribution in [1.29, 1.82) is 0 Å². The average molecular weight is 396 g/mol. The molecular weight excluding hydrogens is 382 g/mol. The highest BCUT2D eigenvalue weighted by Gasteiger charge is 2.10. The third kappa shape index (κ3) is 6.29. The van der Waals surface area contributed by atoms with E-state index >= 15 is 0 Å². The molecular formula is C10H14ClN7O4S2. The number of rotatable bonds is 3. The molecule has 0 aromatic carbocycles. The molecule has 132 valence electrons. The molecule has 14 heteroatoms. The monoisotopic (exact) mass is 395 g/mol. The van der Waals surface area contributed by atoms with E-state index in [1.54, 1.807) is 19.0 Å². The van der Waals surface area contributed by atoms with Crippen molar-refractivity contribution >= 4 is 37.5 Å². The number of sulfonamides is 2. The molecule has 0 saturated heterocycles. The Morgan fingerprint density at radius 2 is 1.29 bits per heavy atom. The Labute approximate surface area is 143 Å². The van der Waals surface area contributed by atoms with Crippen molar-refractivity contribution in [2.24, 2.45) is 10.3 Å². The summed E-state index contributed by atoms with van der Waals surface area (Å²) < 4.78 is 42.7. The summed E-state index contributed by atoms with van der Waals surface area (Å²) in [5.74, 6) is 0.576. The lowest BCUT2D eigenvalue weighted by molar-refractivity contribution is 0.590. The molecule has 0 bridgehead atoms. The molecule has 11 nitrogen and oxygen atoms in total. The van der Waals surface area contributed by atoms with Crippen molar-refractivity contribution in [1.82, 2.24) is 20.4 Å². The number of anilines is 1. The lowest BCUT2D eigenvalue weighted by Gasteiger charge is -2.09. The molecule has 0 saturated carbocycles. The topological polar surface area (TPSA) is 175 Å². The molecule has 0 spiro atoms. The summed E-state index contributed by atoms with van der Waals surface area (Å²) in [6.07, 6.45) is 0. The van der Waals surface area contributed by atoms with Crippen LogP contribution in [0.2, 0.25) is 5.15 Å². The van der Waals surface area contributed by atoms with Crippen molar-refractivity contribution in [2.75, 3.05) is 19.0 Å². The summed E-state index contributed by atoms with van der Waals surface area (Å²) in [6.45, 7) is 0. The predicted molar refractivity (Wildman–Crippen MR) is 86.1 cm³/mol. The molecule has 0 aliphatic carbocycles. The molecule has 0 fully saturated rings. The van der Waals surface area contributed by atoms with Crippen LogP contribution in [0.25, 0.3) is 0 Å². The van der Waals surface area contributed by atoms with Gasteiger partial charge in [0.05, 0.1) is 0 Å². The van der Waals surface area contributed by atoms with Gasteiger partial charge in [-0.05, 0) is 24.3 Å². The summed E-state index contributed by atoms with van der Waals surface area (Å²) in [5, 5.41) is 22.9. The normalized spacial score (nSPS) is 11.4. The van der Waals surface area contributed by atoms with Crippen LogP contribution in [0.5, 0.6) is 0 Å². The van der Waals surface area contributed by atoms with E-state index in [1.165, 1.54) is 24.3 Å². The Balaban J connectivity index is 0.000000243. The fraction of sp³-hybridized carbons (Fsp3) is 0.200. The number of primary sulfonamides is 2. The minimum Gasteiger partial charge on any atom is -0.361 e. The third-order valence-corrected chi connectivity index (χ3v) is 4.08. The van der Waals surface area contributed by atoms with E-state index in [2.05, 4.69) is 20.4 Å². The maximum atomic E-state index is 10.8. The van der Waals surface area contributed by atoms with Crippen molar-refractivity contribution in [3.63, 3.8) is 0 Å². The largest absolute Gasteiger partial charge is 0.361 e. The van der Waals surface area contributed by atoms with Crippen LogP contribution in [0.15, 0.2) is 34.3 Å². The Hall–Kier alpha value is -1.93. The lowest BCUT2D eigenvalue weighted by atomic mass is 10.5. The van der Waals surface area contributed by atoms with Crippen LogP contribution in [0.3, 0.4) is 0 Å². The summed E-state index contributed by atoms with van der Waals surface area (Å²) in [5.41, 5.74) is 0. The smallest absolute Gasteiger partial charge is 0.257 e. The quantitative estimate of drug-likeness (QED) is 0.657. The van der Waals surface area contributed by atoms with Crippen molar-refractivity contribution < 1.29 is 16.8 Å². The van der Waals surface area contributed by atoms with E-state index in [4.69, 9.17) is 21.9 Å². The van der Waals surface area contributed by atoms with Crippen molar-refractivity contribution in [3.8, 4) is 0 Å². The highest BCUT2D eigenvalue weighted by atomic mass is 35.5. The standard InChI is InChI=1S/C6H10N4O2S.C4H4ClN3O2S/c1-10(2)5-3-4-6(9-8-5)13(7,11)12;5-3-1-2-4(8-7-3)11(6,9)10/h3-4H,1-2H3,(H2,7,11,12);1-2H,(H2,6,9,10). The van der Waals surface area contributed by atoms with E-state index in [0.717, 1.165) is 0 Å². The second-order valence-electron chi connectivity index (χ2n) is 4.41. The van der Waals surface area contributed by atoms with Gasteiger partial charge in [0, 0.05) is 14.1 Å². The fourth-order valence-corrected chi connectivity index (χ4v) is 2.08. The first-order valence-electron chi connectivity index (χ1n) is 5.97. The molecule has 4 N–H and O–H groups in total. The second-order valence-corrected chi connectivity index (χ2v) is 7.81. The average Bonchev–Trinajstić information content (AvgIpc) is 2.46.